The maximum Gasteiger partial charge on any atom is 0.109 e. The topological polar surface area (TPSA) is 27.1 Å². The highest BCUT2D eigenvalue weighted by Crippen LogP contribution is 2.22. The fraction of sp³-hybridized carbons (Fsp3) is 0.611. The molecule has 0 saturated heterocycles. The van der Waals surface area contributed by atoms with Gasteiger partial charge in [-0.1, -0.05) is 31.9 Å². The Labute approximate surface area is 128 Å². The summed E-state index contributed by atoms with van der Waals surface area (Å²) < 4.78 is 7.71. The van der Waals surface area contributed by atoms with E-state index in [4.69, 9.17) is 9.72 Å². The summed E-state index contributed by atoms with van der Waals surface area (Å²) in [5, 5.41) is 0. The highest BCUT2D eigenvalue weighted by molar-refractivity contribution is 5.75. The second-order valence-electron chi connectivity index (χ2n) is 6.74. The predicted octanol–water partition coefficient (Wildman–Crippen LogP) is 4.35. The van der Waals surface area contributed by atoms with Crippen LogP contribution < -0.4 is 0 Å². The first kappa shape index (κ1) is 16.0. The third-order valence-corrected chi connectivity index (χ3v) is 4.44. The van der Waals surface area contributed by atoms with Crippen LogP contribution in [0.15, 0.2) is 24.3 Å². The minimum Gasteiger partial charge on any atom is -0.379 e. The van der Waals surface area contributed by atoms with Gasteiger partial charge in [-0.05, 0) is 38.3 Å². The Balaban J connectivity index is 1.92. The van der Waals surface area contributed by atoms with Crippen LogP contribution in [0.3, 0.4) is 0 Å². The normalized spacial score (nSPS) is 13.8. The van der Waals surface area contributed by atoms with Crippen molar-refractivity contribution in [2.75, 3.05) is 7.11 Å². The molecule has 1 atom stereocenters. The Morgan fingerprint density at radius 1 is 1.29 bits per heavy atom. The van der Waals surface area contributed by atoms with Crippen molar-refractivity contribution in [1.82, 2.24) is 9.55 Å². The Hall–Kier alpha value is -1.35. The third kappa shape index (κ3) is 4.07. The number of imidazole rings is 1. The number of hydrogen-bond donors (Lipinski definition) is 0. The van der Waals surface area contributed by atoms with Gasteiger partial charge in [0, 0.05) is 20.6 Å². The predicted molar refractivity (Wildman–Crippen MR) is 88.5 cm³/mol. The molecule has 2 aromatic rings. The van der Waals surface area contributed by atoms with Gasteiger partial charge in [0.15, 0.2) is 0 Å². The van der Waals surface area contributed by atoms with Crippen molar-refractivity contribution in [1.29, 1.82) is 0 Å². The summed E-state index contributed by atoms with van der Waals surface area (Å²) in [5.74, 6) is 1.84. The van der Waals surface area contributed by atoms with Crippen LogP contribution in [0.2, 0.25) is 0 Å². The molecule has 2 rings (SSSR count). The summed E-state index contributed by atoms with van der Waals surface area (Å²) in [6.07, 6.45) is 4.57. The van der Waals surface area contributed by atoms with Crippen molar-refractivity contribution in [2.24, 2.45) is 13.0 Å². The zero-order chi connectivity index (χ0) is 15.5. The van der Waals surface area contributed by atoms with E-state index in [1.165, 1.54) is 24.2 Å². The van der Waals surface area contributed by atoms with Crippen molar-refractivity contribution in [3.63, 3.8) is 0 Å². The van der Waals surface area contributed by atoms with Crippen LogP contribution in [-0.4, -0.2) is 22.3 Å². The quantitative estimate of drug-likeness (QED) is 0.757. The van der Waals surface area contributed by atoms with Gasteiger partial charge in [-0.2, -0.15) is 0 Å². The molecule has 3 nitrogen and oxygen atoms in total. The van der Waals surface area contributed by atoms with E-state index in [-0.39, 0.29) is 5.60 Å². The van der Waals surface area contributed by atoms with Crippen molar-refractivity contribution < 1.29 is 4.74 Å². The summed E-state index contributed by atoms with van der Waals surface area (Å²) in [5.41, 5.74) is 2.32. The molecule has 0 N–H and O–H groups in total. The average Bonchev–Trinajstić information content (AvgIpc) is 2.76. The first-order chi connectivity index (χ1) is 9.93. The largest absolute Gasteiger partial charge is 0.379 e. The standard InChI is InChI=1S/C18H28N2O/c1-14(9-8-12-18(2,3)21-5)13-17-19-15-10-6-7-11-16(15)20(17)4/h6-7,10-11,14H,8-9,12-13H2,1-5H3. The number of aryl methyl sites for hydroxylation is 1. The van der Waals surface area contributed by atoms with E-state index in [0.717, 1.165) is 18.4 Å². The molecule has 0 aliphatic carbocycles. The van der Waals surface area contributed by atoms with Crippen LogP contribution >= 0.6 is 0 Å². The zero-order valence-corrected chi connectivity index (χ0v) is 14.0. The van der Waals surface area contributed by atoms with Gasteiger partial charge in [0.1, 0.15) is 5.82 Å². The molecule has 1 unspecified atom stereocenters. The molecule has 1 aromatic carbocycles. The maximum atomic E-state index is 5.48. The lowest BCUT2D eigenvalue weighted by Gasteiger charge is -2.23. The lowest BCUT2D eigenvalue weighted by Crippen LogP contribution is -2.22. The van der Waals surface area contributed by atoms with Gasteiger partial charge in [-0.25, -0.2) is 4.98 Å². The molecule has 0 radical (unpaired) electrons. The number of benzene rings is 1. The van der Waals surface area contributed by atoms with Gasteiger partial charge in [0.25, 0.3) is 0 Å². The molecular formula is C18H28N2O. The summed E-state index contributed by atoms with van der Waals surface area (Å²) in [6, 6.07) is 8.35. The first-order valence-electron chi connectivity index (χ1n) is 7.88. The van der Waals surface area contributed by atoms with E-state index in [1.54, 1.807) is 7.11 Å². The summed E-state index contributed by atoms with van der Waals surface area (Å²) in [4.78, 5) is 4.76. The van der Waals surface area contributed by atoms with Gasteiger partial charge in [-0.15, -0.1) is 0 Å². The second-order valence-corrected chi connectivity index (χ2v) is 6.74. The molecule has 3 heteroatoms. The van der Waals surface area contributed by atoms with Crippen LogP contribution in [0, 0.1) is 5.92 Å². The molecule has 1 aromatic heterocycles. The molecular weight excluding hydrogens is 260 g/mol. The Kier molecular flexibility index (Phi) is 5.04. The van der Waals surface area contributed by atoms with Crippen LogP contribution in [-0.2, 0) is 18.2 Å². The summed E-state index contributed by atoms with van der Waals surface area (Å²) >= 11 is 0. The number of methoxy groups -OCH3 is 1. The monoisotopic (exact) mass is 288 g/mol. The lowest BCUT2D eigenvalue weighted by molar-refractivity contribution is 0.0127. The number of hydrogen-bond acceptors (Lipinski definition) is 2. The van der Waals surface area contributed by atoms with Crippen LogP contribution in [0.5, 0.6) is 0 Å². The molecule has 116 valence electrons. The SMILES string of the molecule is COC(C)(C)CCCC(C)Cc1nc2ccccc2n1C. The lowest BCUT2D eigenvalue weighted by atomic mass is 9.95. The highest BCUT2D eigenvalue weighted by Gasteiger charge is 2.17. The highest BCUT2D eigenvalue weighted by atomic mass is 16.5. The Morgan fingerprint density at radius 3 is 2.67 bits per heavy atom. The van der Waals surface area contributed by atoms with Gasteiger partial charge in [-0.3, -0.25) is 0 Å². The maximum absolute atomic E-state index is 5.48. The van der Waals surface area contributed by atoms with Crippen LogP contribution in [0.4, 0.5) is 0 Å². The second kappa shape index (κ2) is 6.61. The molecule has 0 aliphatic rings. The number of rotatable bonds is 7. The molecule has 0 spiro atoms. The third-order valence-electron chi connectivity index (χ3n) is 4.44. The van der Waals surface area contributed by atoms with Crippen LogP contribution in [0.1, 0.15) is 45.9 Å². The fourth-order valence-electron chi connectivity index (χ4n) is 2.77. The van der Waals surface area contributed by atoms with Gasteiger partial charge < -0.3 is 9.30 Å². The number of ether oxygens (including phenoxy) is 1. The van der Waals surface area contributed by atoms with Gasteiger partial charge >= 0.3 is 0 Å². The van der Waals surface area contributed by atoms with Crippen LogP contribution in [0.25, 0.3) is 11.0 Å². The molecule has 0 fully saturated rings. The smallest absolute Gasteiger partial charge is 0.109 e. The Morgan fingerprint density at radius 2 is 2.00 bits per heavy atom. The molecule has 21 heavy (non-hydrogen) atoms. The molecule has 1 heterocycles. The molecule has 0 bridgehead atoms. The minimum absolute atomic E-state index is 0.00236. The van der Waals surface area contributed by atoms with E-state index >= 15 is 0 Å². The number of aromatic nitrogens is 2. The molecule has 0 aliphatic heterocycles. The van der Waals surface area contributed by atoms with Crippen molar-refractivity contribution in [3.8, 4) is 0 Å². The average molecular weight is 288 g/mol. The van der Waals surface area contributed by atoms with E-state index in [1.807, 2.05) is 0 Å². The number of nitrogens with zero attached hydrogens (tertiary/aromatic N) is 2. The fourth-order valence-corrected chi connectivity index (χ4v) is 2.77. The van der Waals surface area contributed by atoms with Crippen molar-refractivity contribution in [2.45, 2.75) is 52.1 Å². The zero-order valence-electron chi connectivity index (χ0n) is 14.0. The van der Waals surface area contributed by atoms with E-state index in [9.17, 15) is 0 Å². The van der Waals surface area contributed by atoms with Gasteiger partial charge in [0.2, 0.25) is 0 Å². The van der Waals surface area contributed by atoms with Crippen molar-refractivity contribution in [3.05, 3.63) is 30.1 Å². The van der Waals surface area contributed by atoms with Gasteiger partial charge in [0.05, 0.1) is 16.6 Å². The summed E-state index contributed by atoms with van der Waals surface area (Å²) in [7, 11) is 3.91. The molecule has 0 amide bonds. The Bertz CT molecular complexity index is 586. The van der Waals surface area contributed by atoms with E-state index in [0.29, 0.717) is 5.92 Å². The number of para-hydroxylation sites is 2. The first-order valence-corrected chi connectivity index (χ1v) is 7.88. The van der Waals surface area contributed by atoms with E-state index < -0.39 is 0 Å². The van der Waals surface area contributed by atoms with Crippen molar-refractivity contribution >= 4 is 11.0 Å². The molecule has 0 saturated carbocycles. The summed E-state index contributed by atoms with van der Waals surface area (Å²) in [6.45, 7) is 6.63. The minimum atomic E-state index is -0.00236. The number of fused-ring (bicyclic) bond motifs is 1. The van der Waals surface area contributed by atoms with E-state index in [2.05, 4.69) is 56.7 Å².